The molecule has 168 valence electrons. The molecular formula is C26H27ClINO3. The van der Waals surface area contributed by atoms with Gasteiger partial charge in [0.05, 0.1) is 5.69 Å². The van der Waals surface area contributed by atoms with Crippen molar-refractivity contribution in [3.63, 3.8) is 0 Å². The van der Waals surface area contributed by atoms with Crippen LogP contribution < -0.4 is 9.64 Å². The predicted molar refractivity (Wildman–Crippen MR) is 141 cm³/mol. The van der Waals surface area contributed by atoms with Gasteiger partial charge >= 0.3 is 6.09 Å². The SMILES string of the molecule is CC(Cl)=CCN(C(=O)OC(C)(C)C)c1cc(OCc2ccccc2)c2ccccc2c1I. The van der Waals surface area contributed by atoms with E-state index in [2.05, 4.69) is 22.6 Å². The molecule has 0 radical (unpaired) electrons. The minimum Gasteiger partial charge on any atom is -0.488 e. The van der Waals surface area contributed by atoms with Crippen LogP contribution in [0.5, 0.6) is 5.75 Å². The molecule has 4 nitrogen and oxygen atoms in total. The topological polar surface area (TPSA) is 38.8 Å². The summed E-state index contributed by atoms with van der Waals surface area (Å²) in [5.74, 6) is 0.708. The standard InChI is InChI=1S/C26H27ClINO3/c1-18(27)14-15-29(25(30)32-26(2,3)4)22-16-23(31-17-19-10-6-5-7-11-19)20-12-8-9-13-21(20)24(22)28/h5-14,16H,15,17H2,1-4H3. The van der Waals surface area contributed by atoms with Crippen molar-refractivity contribution >= 4 is 56.7 Å². The molecule has 0 saturated carbocycles. The van der Waals surface area contributed by atoms with Gasteiger partial charge in [-0.15, -0.1) is 0 Å². The molecule has 0 fully saturated rings. The fraction of sp³-hybridized carbons (Fsp3) is 0.269. The zero-order valence-electron chi connectivity index (χ0n) is 18.7. The lowest BCUT2D eigenvalue weighted by atomic mass is 10.1. The van der Waals surface area contributed by atoms with Crippen LogP contribution in [0.4, 0.5) is 10.5 Å². The van der Waals surface area contributed by atoms with E-state index >= 15 is 0 Å². The van der Waals surface area contributed by atoms with Gasteiger partial charge in [-0.1, -0.05) is 72.3 Å². The summed E-state index contributed by atoms with van der Waals surface area (Å²) in [6.45, 7) is 8.06. The average molecular weight is 564 g/mol. The van der Waals surface area contributed by atoms with Crippen LogP contribution in [0.15, 0.2) is 71.8 Å². The van der Waals surface area contributed by atoms with E-state index in [0.29, 0.717) is 17.4 Å². The highest BCUT2D eigenvalue weighted by atomic mass is 127. The van der Waals surface area contributed by atoms with E-state index in [0.717, 1.165) is 25.6 Å². The summed E-state index contributed by atoms with van der Waals surface area (Å²) >= 11 is 8.37. The lowest BCUT2D eigenvalue weighted by molar-refractivity contribution is 0.0584. The second-order valence-corrected chi connectivity index (χ2v) is 10.1. The molecule has 0 N–H and O–H groups in total. The number of carbonyl (C=O) groups is 1. The number of anilines is 1. The fourth-order valence-electron chi connectivity index (χ4n) is 3.15. The molecule has 3 aromatic carbocycles. The Balaban J connectivity index is 2.08. The van der Waals surface area contributed by atoms with Crippen molar-refractivity contribution in [2.75, 3.05) is 11.4 Å². The summed E-state index contributed by atoms with van der Waals surface area (Å²) in [6, 6.07) is 19.9. The molecule has 0 spiro atoms. The molecule has 0 unspecified atom stereocenters. The maximum Gasteiger partial charge on any atom is 0.415 e. The quantitative estimate of drug-likeness (QED) is 0.286. The van der Waals surface area contributed by atoms with E-state index in [1.54, 1.807) is 17.9 Å². The van der Waals surface area contributed by atoms with Gasteiger partial charge in [0.25, 0.3) is 0 Å². The van der Waals surface area contributed by atoms with Crippen molar-refractivity contribution in [2.24, 2.45) is 0 Å². The van der Waals surface area contributed by atoms with Gasteiger partial charge in [0.1, 0.15) is 18.0 Å². The van der Waals surface area contributed by atoms with Crippen LogP contribution in [0, 0.1) is 3.57 Å². The van der Waals surface area contributed by atoms with Gasteiger partial charge in [0.2, 0.25) is 0 Å². The highest BCUT2D eigenvalue weighted by molar-refractivity contribution is 14.1. The lowest BCUT2D eigenvalue weighted by Gasteiger charge is -2.28. The predicted octanol–water partition coefficient (Wildman–Crippen LogP) is 7.91. The Morgan fingerprint density at radius 1 is 1.06 bits per heavy atom. The molecule has 6 heteroatoms. The fourth-order valence-corrected chi connectivity index (χ4v) is 4.14. The van der Waals surface area contributed by atoms with Crippen LogP contribution in [-0.4, -0.2) is 18.2 Å². The maximum absolute atomic E-state index is 13.1. The first-order valence-electron chi connectivity index (χ1n) is 10.4. The summed E-state index contributed by atoms with van der Waals surface area (Å²) in [7, 11) is 0. The Kier molecular flexibility index (Phi) is 8.06. The monoisotopic (exact) mass is 563 g/mol. The van der Waals surface area contributed by atoms with E-state index in [-0.39, 0.29) is 6.54 Å². The molecule has 1 amide bonds. The molecule has 0 aliphatic carbocycles. The highest BCUT2D eigenvalue weighted by Crippen LogP contribution is 2.38. The van der Waals surface area contributed by atoms with Crippen LogP contribution in [-0.2, 0) is 11.3 Å². The summed E-state index contributed by atoms with van der Waals surface area (Å²) in [6.07, 6.45) is 1.36. The Bertz CT molecular complexity index is 1120. The first-order valence-corrected chi connectivity index (χ1v) is 11.8. The van der Waals surface area contributed by atoms with Crippen molar-refractivity contribution in [1.29, 1.82) is 0 Å². The number of hydrogen-bond acceptors (Lipinski definition) is 3. The highest BCUT2D eigenvalue weighted by Gasteiger charge is 2.26. The lowest BCUT2D eigenvalue weighted by Crippen LogP contribution is -2.37. The molecule has 0 aliphatic heterocycles. The molecular weight excluding hydrogens is 537 g/mol. The third-order valence-electron chi connectivity index (χ3n) is 4.62. The molecule has 0 heterocycles. The number of hydrogen-bond donors (Lipinski definition) is 0. The molecule has 0 atom stereocenters. The summed E-state index contributed by atoms with van der Waals surface area (Å²) in [5, 5.41) is 2.61. The number of ether oxygens (including phenoxy) is 2. The normalized spacial score (nSPS) is 12.0. The molecule has 3 rings (SSSR count). The summed E-state index contributed by atoms with van der Waals surface area (Å²) in [5.41, 5.74) is 1.17. The van der Waals surface area contributed by atoms with E-state index in [1.807, 2.05) is 81.4 Å². The minimum absolute atomic E-state index is 0.288. The molecule has 0 saturated heterocycles. The smallest absolute Gasteiger partial charge is 0.415 e. The van der Waals surface area contributed by atoms with E-state index in [4.69, 9.17) is 21.1 Å². The zero-order valence-corrected chi connectivity index (χ0v) is 21.6. The van der Waals surface area contributed by atoms with Gasteiger partial charge in [-0.2, -0.15) is 0 Å². The first kappa shape index (κ1) is 24.4. The number of halogens is 2. The van der Waals surface area contributed by atoms with Crippen LogP contribution in [0.25, 0.3) is 10.8 Å². The minimum atomic E-state index is -0.621. The third-order valence-corrected chi connectivity index (χ3v) is 5.91. The van der Waals surface area contributed by atoms with Crippen molar-refractivity contribution in [1.82, 2.24) is 0 Å². The van der Waals surface area contributed by atoms with Gasteiger partial charge in [0, 0.05) is 32.0 Å². The van der Waals surface area contributed by atoms with Crippen LogP contribution in [0.2, 0.25) is 0 Å². The van der Waals surface area contributed by atoms with Gasteiger partial charge in [-0.05, 0) is 55.8 Å². The largest absolute Gasteiger partial charge is 0.488 e. The van der Waals surface area contributed by atoms with Gasteiger partial charge in [-0.3, -0.25) is 4.90 Å². The number of fused-ring (bicyclic) bond motifs is 1. The van der Waals surface area contributed by atoms with Crippen molar-refractivity contribution < 1.29 is 14.3 Å². The van der Waals surface area contributed by atoms with Crippen molar-refractivity contribution in [2.45, 2.75) is 39.9 Å². The third kappa shape index (κ3) is 6.39. The average Bonchev–Trinajstić information content (AvgIpc) is 2.74. The van der Waals surface area contributed by atoms with Crippen LogP contribution in [0.1, 0.15) is 33.3 Å². The second-order valence-electron chi connectivity index (χ2n) is 8.41. The zero-order chi connectivity index (χ0) is 23.3. The van der Waals surface area contributed by atoms with Crippen molar-refractivity contribution in [3.05, 3.63) is 80.9 Å². The number of rotatable bonds is 6. The molecule has 32 heavy (non-hydrogen) atoms. The molecule has 0 aliphatic rings. The Hall–Kier alpha value is -2.25. The van der Waals surface area contributed by atoms with E-state index in [1.165, 1.54) is 0 Å². The molecule has 3 aromatic rings. The number of amides is 1. The number of benzene rings is 3. The van der Waals surface area contributed by atoms with Crippen molar-refractivity contribution in [3.8, 4) is 5.75 Å². The van der Waals surface area contributed by atoms with Gasteiger partial charge < -0.3 is 9.47 Å². The number of carbonyl (C=O) groups excluding carboxylic acids is 1. The van der Waals surface area contributed by atoms with Crippen LogP contribution in [0.3, 0.4) is 0 Å². The Labute approximate surface area is 208 Å². The van der Waals surface area contributed by atoms with Gasteiger partial charge in [0.15, 0.2) is 0 Å². The maximum atomic E-state index is 13.1. The first-order chi connectivity index (χ1) is 15.2. The number of allylic oxidation sites excluding steroid dienone is 1. The molecule has 0 aromatic heterocycles. The molecule has 0 bridgehead atoms. The Morgan fingerprint density at radius 3 is 2.31 bits per heavy atom. The summed E-state index contributed by atoms with van der Waals surface area (Å²) in [4.78, 5) is 14.7. The number of nitrogens with zero attached hydrogens (tertiary/aromatic N) is 1. The Morgan fingerprint density at radius 2 is 1.69 bits per heavy atom. The van der Waals surface area contributed by atoms with Crippen LogP contribution >= 0.6 is 34.2 Å². The van der Waals surface area contributed by atoms with E-state index < -0.39 is 11.7 Å². The summed E-state index contributed by atoms with van der Waals surface area (Å²) < 4.78 is 12.9. The van der Waals surface area contributed by atoms with E-state index in [9.17, 15) is 4.79 Å². The van der Waals surface area contributed by atoms with Gasteiger partial charge in [-0.25, -0.2) is 4.79 Å². The second kappa shape index (κ2) is 10.6.